The second kappa shape index (κ2) is 27.0. The van der Waals surface area contributed by atoms with Crippen molar-refractivity contribution < 1.29 is 14.6 Å². The van der Waals surface area contributed by atoms with E-state index < -0.39 is 0 Å². The number of carbonyl (C=O) groups excluding carboxylic acids is 1. The van der Waals surface area contributed by atoms with E-state index in [1.54, 1.807) is 0 Å². The molecule has 7 aliphatic heterocycles. The third-order valence-electron chi connectivity index (χ3n) is 19.9. The Bertz CT molecular complexity index is 5200. The number of aliphatic imine (C=N–C) groups is 4. The monoisotopic (exact) mass is 1300 g/mol. The number of ether oxygens (including phenoxy) is 1. The van der Waals surface area contributed by atoms with E-state index in [0.717, 1.165) is 189 Å². The van der Waals surface area contributed by atoms with E-state index in [4.69, 9.17) is 24.7 Å². The minimum atomic E-state index is -0.0293. The molecule has 11 nitrogen and oxygen atoms in total. The van der Waals surface area contributed by atoms with Gasteiger partial charge in [-0.15, -0.1) is 0 Å². The fourth-order valence-electron chi connectivity index (χ4n) is 14.7. The average molecular weight is 1300 g/mol. The Morgan fingerprint density at radius 3 is 1.08 bits per heavy atom. The molecule has 16 rings (SSSR count). The molecule has 0 aromatic heterocycles. The topological polar surface area (TPSA) is 109 Å². The zero-order valence-electron chi connectivity index (χ0n) is 56.5. The number of rotatable bonds is 14. The SMILES string of the molecule is CCN(CC)c1ccc2c(c1)Oc1cc(N(CC)CC)ccc1C2=c1ccccc1=C(O)N1CCN(C(=O)c2ccc(-c3ccc(-c4ccc(C5=C6C=CC(=N6)C(c6ccccc6)=C6C=CC(=N6)C(c6ccccc6)=C6C=CC(=N6)C(c6ccccc6)=C6C=CC5=N6)cc4)cc3)cc2)CC1. The third-order valence-corrected chi connectivity index (χ3v) is 19.9. The van der Waals surface area contributed by atoms with Gasteiger partial charge in [-0.3, -0.25) is 4.79 Å². The number of allylic oxidation sites excluding steroid dienone is 12. The van der Waals surface area contributed by atoms with Crippen LogP contribution in [-0.4, -0.2) is 96.0 Å². The van der Waals surface area contributed by atoms with Gasteiger partial charge in [-0.2, -0.15) is 0 Å². The van der Waals surface area contributed by atoms with Gasteiger partial charge in [-0.25, -0.2) is 20.0 Å². The average Bonchev–Trinajstić information content (AvgIpc) is 1.08. The summed E-state index contributed by atoms with van der Waals surface area (Å²) in [6.45, 7) is 14.1. The van der Waals surface area contributed by atoms with E-state index in [0.29, 0.717) is 31.7 Å². The summed E-state index contributed by atoms with van der Waals surface area (Å²) in [6.07, 6.45) is 16.8. The van der Waals surface area contributed by atoms with Crippen LogP contribution in [0.25, 0.3) is 56.0 Å². The molecular formula is C89H74N8O3. The third kappa shape index (κ3) is 11.8. The number of hydrogen-bond acceptors (Lipinski definition) is 10. The molecule has 488 valence electrons. The summed E-state index contributed by atoms with van der Waals surface area (Å²) in [7, 11) is 0. The second-order valence-electron chi connectivity index (χ2n) is 25.5. The van der Waals surface area contributed by atoms with E-state index >= 15 is 0 Å². The number of anilines is 2. The molecule has 1 saturated heterocycles. The lowest BCUT2D eigenvalue weighted by molar-refractivity contribution is 0.0664. The van der Waals surface area contributed by atoms with Crippen LogP contribution in [0.4, 0.5) is 11.4 Å². The highest BCUT2D eigenvalue weighted by molar-refractivity contribution is 6.39. The molecule has 11 heteroatoms. The van der Waals surface area contributed by atoms with Crippen LogP contribution in [-0.2, 0) is 0 Å². The standard InChI is InChI=1S/C89H74N8O3/c1-5-94(6-2)67-40-42-71-81(56-67)100-82-57-68(95(7-3)8-4)41-43-72(82)87(71)69-26-18-19-27-70(69)89(99)97-54-52-96(53-55-97)88(98)66-38-34-61(35-39-66)59-30-28-58(29-31-59)60-32-36-65(37-33-60)86-79-50-48-77(92-79)84(63-22-14-10-15-23-63)75-46-44-73(90-75)83(62-20-12-9-13-21-62)74-45-47-76(91-74)85(64-24-16-11-17-25-64)78-49-51-80(86)93-78/h9-51,56-57,99H,5-8,52-55H2,1-4H3. The Morgan fingerprint density at radius 2 is 0.700 bits per heavy atom. The van der Waals surface area contributed by atoms with Gasteiger partial charge in [-0.05, 0) is 168 Å². The summed E-state index contributed by atoms with van der Waals surface area (Å²) in [6, 6.07) is 77.5. The molecule has 1 N–H and O–H groups in total. The molecule has 7 heterocycles. The fourth-order valence-corrected chi connectivity index (χ4v) is 14.7. The maximum Gasteiger partial charge on any atom is 0.253 e. The summed E-state index contributed by atoms with van der Waals surface area (Å²) < 4.78 is 6.80. The highest BCUT2D eigenvalue weighted by Gasteiger charge is 2.31. The Hall–Kier alpha value is -12.2. The number of benzene rings is 9. The zero-order chi connectivity index (χ0) is 67.8. The number of amides is 1. The van der Waals surface area contributed by atoms with Gasteiger partial charge in [0.15, 0.2) is 5.88 Å². The van der Waals surface area contributed by atoms with Crippen LogP contribution in [0.2, 0.25) is 0 Å². The number of hydrogen-bond donors (Lipinski definition) is 1. The summed E-state index contributed by atoms with van der Waals surface area (Å²) in [5, 5.41) is 14.0. The molecular weight excluding hydrogens is 1230 g/mol. The normalized spacial score (nSPS) is 16.2. The molecule has 1 fully saturated rings. The Balaban J connectivity index is 0.656. The van der Waals surface area contributed by atoms with E-state index in [2.05, 4.69) is 250 Å². The lowest BCUT2D eigenvalue weighted by Gasteiger charge is -2.35. The smallest absolute Gasteiger partial charge is 0.253 e. The predicted molar refractivity (Wildman–Crippen MR) is 412 cm³/mol. The van der Waals surface area contributed by atoms with Crippen molar-refractivity contribution in [2.75, 3.05) is 62.2 Å². The van der Waals surface area contributed by atoms with E-state index in [1.807, 2.05) is 70.5 Å². The van der Waals surface area contributed by atoms with Crippen molar-refractivity contribution in [1.82, 2.24) is 9.80 Å². The lowest BCUT2D eigenvalue weighted by atomic mass is 9.90. The van der Waals surface area contributed by atoms with Crippen LogP contribution in [0.3, 0.4) is 0 Å². The first kappa shape index (κ1) is 62.6. The number of aliphatic hydroxyl groups is 1. The van der Waals surface area contributed by atoms with Crippen LogP contribution in [0, 0.1) is 0 Å². The first-order valence-corrected chi connectivity index (χ1v) is 34.8. The van der Waals surface area contributed by atoms with Crippen molar-refractivity contribution in [2.45, 2.75) is 27.7 Å². The second-order valence-corrected chi connectivity index (χ2v) is 25.5. The van der Waals surface area contributed by atoms with Gasteiger partial charge in [0.2, 0.25) is 0 Å². The van der Waals surface area contributed by atoms with Crippen LogP contribution in [0.5, 0.6) is 11.5 Å². The first-order valence-electron chi connectivity index (χ1n) is 34.8. The highest BCUT2D eigenvalue weighted by atomic mass is 16.5. The molecule has 0 radical (unpaired) electrons. The molecule has 7 aliphatic rings. The zero-order valence-corrected chi connectivity index (χ0v) is 56.5. The highest BCUT2D eigenvalue weighted by Crippen LogP contribution is 2.46. The van der Waals surface area contributed by atoms with Crippen molar-refractivity contribution in [3.63, 3.8) is 0 Å². The van der Waals surface area contributed by atoms with Crippen LogP contribution < -0.4 is 25.0 Å². The van der Waals surface area contributed by atoms with Crippen LogP contribution in [0.15, 0.2) is 316 Å². The molecule has 100 heavy (non-hydrogen) atoms. The lowest BCUT2D eigenvalue weighted by Crippen LogP contribution is -2.49. The van der Waals surface area contributed by atoms with Crippen LogP contribution >= 0.6 is 0 Å². The predicted octanol–water partition coefficient (Wildman–Crippen LogP) is 17.1. The van der Waals surface area contributed by atoms with Crippen molar-refractivity contribution in [3.8, 4) is 33.8 Å². The number of carbonyl (C=O) groups is 1. The molecule has 0 aliphatic carbocycles. The van der Waals surface area contributed by atoms with Gasteiger partial charge in [0.1, 0.15) is 11.5 Å². The van der Waals surface area contributed by atoms with Crippen molar-refractivity contribution in [3.05, 3.63) is 345 Å². The van der Waals surface area contributed by atoms with E-state index in [-0.39, 0.29) is 11.8 Å². The van der Waals surface area contributed by atoms with Gasteiger partial charge in [0.25, 0.3) is 5.91 Å². The Morgan fingerprint density at radius 1 is 0.370 bits per heavy atom. The summed E-state index contributed by atoms with van der Waals surface area (Å²) in [5.41, 5.74) is 24.3. The number of aliphatic hydroxyl groups excluding tert-OH is 1. The van der Waals surface area contributed by atoms with Gasteiger partial charge in [0, 0.05) is 126 Å². The van der Waals surface area contributed by atoms with E-state index in [1.165, 1.54) is 0 Å². The molecule has 8 bridgehead atoms. The number of piperazine rings is 1. The van der Waals surface area contributed by atoms with Gasteiger partial charge in [-0.1, -0.05) is 170 Å². The molecule has 9 aromatic carbocycles. The summed E-state index contributed by atoms with van der Waals surface area (Å²) >= 11 is 0. The number of fused-ring (bicyclic) bond motifs is 6. The summed E-state index contributed by atoms with van der Waals surface area (Å²) in [4.78, 5) is 44.6. The minimum absolute atomic E-state index is 0.0293. The molecule has 1 amide bonds. The molecule has 0 spiro atoms. The fraction of sp³-hybridized carbons (Fsp3) is 0.135. The van der Waals surface area contributed by atoms with Crippen LogP contribution in [0.1, 0.15) is 71.4 Å². The number of nitrogens with zero attached hydrogens (tertiary/aromatic N) is 8. The van der Waals surface area contributed by atoms with Crippen molar-refractivity contribution in [1.29, 1.82) is 0 Å². The quantitative estimate of drug-likeness (QED) is 0.116. The first-order chi connectivity index (χ1) is 49.2. The Labute approximate surface area is 583 Å². The maximum absolute atomic E-state index is 14.2. The largest absolute Gasteiger partial charge is 0.494 e. The maximum atomic E-state index is 14.2. The summed E-state index contributed by atoms with van der Waals surface area (Å²) in [5.74, 6) is 1.74. The van der Waals surface area contributed by atoms with E-state index in [9.17, 15) is 9.90 Å². The van der Waals surface area contributed by atoms with Gasteiger partial charge in [0.05, 0.1) is 45.6 Å². The molecule has 0 unspecified atom stereocenters. The minimum Gasteiger partial charge on any atom is -0.494 e. The van der Waals surface area contributed by atoms with Gasteiger partial charge >= 0.3 is 0 Å². The Kier molecular flexibility index (Phi) is 16.9. The molecule has 0 saturated carbocycles. The molecule has 9 aromatic rings. The van der Waals surface area contributed by atoms with Gasteiger partial charge < -0.3 is 29.4 Å². The van der Waals surface area contributed by atoms with Crippen molar-refractivity contribution >= 4 is 73.9 Å². The van der Waals surface area contributed by atoms with Crippen molar-refractivity contribution in [2.24, 2.45) is 20.0 Å². The molecule has 0 atom stereocenters.